The van der Waals surface area contributed by atoms with Gasteiger partial charge in [-0.25, -0.2) is 17.2 Å². The van der Waals surface area contributed by atoms with Gasteiger partial charge in [-0.3, -0.25) is 4.79 Å². The molecule has 0 fully saturated rings. The van der Waals surface area contributed by atoms with Crippen LogP contribution in [0.25, 0.3) is 0 Å². The molecule has 0 bridgehead atoms. The molecule has 0 unspecified atom stereocenters. The average molecular weight is 347 g/mol. The molecule has 7 heteroatoms. The summed E-state index contributed by atoms with van der Waals surface area (Å²) in [4.78, 5) is 14.1. The van der Waals surface area contributed by atoms with Crippen molar-refractivity contribution in [2.75, 3.05) is 18.6 Å². The van der Waals surface area contributed by atoms with Crippen LogP contribution in [0.15, 0.2) is 18.2 Å². The second-order valence-electron chi connectivity index (χ2n) is 6.65. The Labute approximate surface area is 136 Å². The summed E-state index contributed by atoms with van der Waals surface area (Å²) in [7, 11) is -3.26. The predicted octanol–water partition coefficient (Wildman–Crippen LogP) is 2.74. The van der Waals surface area contributed by atoms with Crippen LogP contribution >= 0.6 is 0 Å². The second kappa shape index (κ2) is 6.95. The molecule has 0 heterocycles. The zero-order chi connectivity index (χ0) is 18.0. The third kappa shape index (κ3) is 5.27. The molecule has 0 aromatic heterocycles. The van der Waals surface area contributed by atoms with E-state index in [9.17, 15) is 22.0 Å². The highest BCUT2D eigenvalue weighted by Gasteiger charge is 2.33. The quantitative estimate of drug-likeness (QED) is 0.823. The van der Waals surface area contributed by atoms with E-state index in [2.05, 4.69) is 0 Å². The molecule has 130 valence electrons. The highest BCUT2D eigenvalue weighted by molar-refractivity contribution is 7.90. The van der Waals surface area contributed by atoms with E-state index in [1.807, 2.05) is 0 Å². The van der Waals surface area contributed by atoms with Crippen LogP contribution in [-0.4, -0.2) is 43.3 Å². The van der Waals surface area contributed by atoms with Crippen LogP contribution < -0.4 is 0 Å². The molecule has 0 aliphatic carbocycles. The summed E-state index contributed by atoms with van der Waals surface area (Å²) in [6, 6.07) is 3.43. The second-order valence-corrected chi connectivity index (χ2v) is 8.91. The maximum Gasteiger partial charge on any atom is 0.230 e. The van der Waals surface area contributed by atoms with E-state index >= 15 is 0 Å². The number of hydrogen-bond acceptors (Lipinski definition) is 3. The maximum atomic E-state index is 13.9. The van der Waals surface area contributed by atoms with E-state index in [0.29, 0.717) is 0 Å². The number of carbonyl (C=O) groups excluding carboxylic acids is 1. The zero-order valence-corrected chi connectivity index (χ0v) is 14.9. The highest BCUT2D eigenvalue weighted by atomic mass is 32.2. The molecule has 1 atom stereocenters. The first-order chi connectivity index (χ1) is 10.3. The van der Waals surface area contributed by atoms with Crippen LogP contribution in [-0.2, 0) is 14.6 Å². The van der Waals surface area contributed by atoms with E-state index < -0.39 is 38.8 Å². The molecule has 0 N–H and O–H groups in total. The fourth-order valence-corrected chi connectivity index (χ4v) is 2.83. The lowest BCUT2D eigenvalue weighted by molar-refractivity contribution is -0.137. The summed E-state index contributed by atoms with van der Waals surface area (Å²) in [5, 5.41) is 0. The van der Waals surface area contributed by atoms with Gasteiger partial charge < -0.3 is 4.90 Å². The predicted molar refractivity (Wildman–Crippen MR) is 85.9 cm³/mol. The number of hydrogen-bond donors (Lipinski definition) is 0. The van der Waals surface area contributed by atoms with Crippen LogP contribution in [0, 0.1) is 11.6 Å². The SMILES string of the molecule is C[C@H](C(=O)N(CCS(C)(=O)=O)C(C)(C)C)c1c(F)cccc1F. The summed E-state index contributed by atoms with van der Waals surface area (Å²) >= 11 is 0. The van der Waals surface area contributed by atoms with Crippen molar-refractivity contribution >= 4 is 15.7 Å². The van der Waals surface area contributed by atoms with Gasteiger partial charge in [0.15, 0.2) is 0 Å². The van der Waals surface area contributed by atoms with Gasteiger partial charge in [-0.2, -0.15) is 0 Å². The van der Waals surface area contributed by atoms with E-state index in [1.54, 1.807) is 20.8 Å². The molecule has 0 radical (unpaired) electrons. The Bertz CT molecular complexity index is 661. The molecule has 1 rings (SSSR count). The summed E-state index contributed by atoms with van der Waals surface area (Å²) < 4.78 is 50.5. The largest absolute Gasteiger partial charge is 0.336 e. The van der Waals surface area contributed by atoms with E-state index in [4.69, 9.17) is 0 Å². The summed E-state index contributed by atoms with van der Waals surface area (Å²) in [6.07, 6.45) is 1.08. The Morgan fingerprint density at radius 1 is 1.22 bits per heavy atom. The van der Waals surface area contributed by atoms with Gasteiger partial charge in [-0.15, -0.1) is 0 Å². The van der Waals surface area contributed by atoms with Crippen LogP contribution in [0.3, 0.4) is 0 Å². The van der Waals surface area contributed by atoms with Gasteiger partial charge in [0.1, 0.15) is 21.5 Å². The number of sulfone groups is 1. The van der Waals surface area contributed by atoms with Crippen LogP contribution in [0.1, 0.15) is 39.2 Å². The Balaban J connectivity index is 3.14. The van der Waals surface area contributed by atoms with Crippen LogP contribution in [0.2, 0.25) is 0 Å². The number of carbonyl (C=O) groups is 1. The minimum Gasteiger partial charge on any atom is -0.336 e. The van der Waals surface area contributed by atoms with Crippen molar-refractivity contribution in [3.05, 3.63) is 35.4 Å². The maximum absolute atomic E-state index is 13.9. The molecule has 0 saturated heterocycles. The molecule has 1 aromatic rings. The minimum atomic E-state index is -3.26. The monoisotopic (exact) mass is 347 g/mol. The summed E-state index contributed by atoms with van der Waals surface area (Å²) in [5.41, 5.74) is -0.969. The highest BCUT2D eigenvalue weighted by Crippen LogP contribution is 2.27. The Morgan fingerprint density at radius 2 is 1.70 bits per heavy atom. The normalized spacial score (nSPS) is 13.7. The fraction of sp³-hybridized carbons (Fsp3) is 0.562. The molecule has 23 heavy (non-hydrogen) atoms. The molecule has 1 amide bonds. The average Bonchev–Trinajstić information content (AvgIpc) is 2.35. The van der Waals surface area contributed by atoms with Crippen molar-refractivity contribution in [3.63, 3.8) is 0 Å². The van der Waals surface area contributed by atoms with Gasteiger partial charge in [0, 0.05) is 23.9 Å². The van der Waals surface area contributed by atoms with Gasteiger partial charge in [0.25, 0.3) is 0 Å². The van der Waals surface area contributed by atoms with Crippen molar-refractivity contribution in [1.82, 2.24) is 4.90 Å². The Hall–Kier alpha value is -1.50. The first-order valence-electron chi connectivity index (χ1n) is 7.27. The van der Waals surface area contributed by atoms with Crippen LogP contribution in [0.5, 0.6) is 0 Å². The van der Waals surface area contributed by atoms with E-state index in [-0.39, 0.29) is 17.9 Å². The van der Waals surface area contributed by atoms with E-state index in [1.165, 1.54) is 17.9 Å². The first kappa shape index (κ1) is 19.5. The van der Waals surface area contributed by atoms with Crippen molar-refractivity contribution in [1.29, 1.82) is 0 Å². The minimum absolute atomic E-state index is 0.0262. The van der Waals surface area contributed by atoms with Gasteiger partial charge in [0.2, 0.25) is 5.91 Å². The molecule has 0 spiro atoms. The number of nitrogens with zero attached hydrogens (tertiary/aromatic N) is 1. The number of amides is 1. The van der Waals surface area contributed by atoms with Gasteiger partial charge in [-0.05, 0) is 39.8 Å². The molecule has 4 nitrogen and oxygen atoms in total. The Kier molecular flexibility index (Phi) is 5.90. The van der Waals surface area contributed by atoms with Gasteiger partial charge >= 0.3 is 0 Å². The lowest BCUT2D eigenvalue weighted by Gasteiger charge is -2.37. The third-order valence-corrected chi connectivity index (χ3v) is 4.49. The topological polar surface area (TPSA) is 54.5 Å². The molecule has 0 saturated carbocycles. The number of halogens is 2. The third-order valence-electron chi connectivity index (χ3n) is 3.56. The molecule has 1 aromatic carbocycles. The first-order valence-corrected chi connectivity index (χ1v) is 9.34. The van der Waals surface area contributed by atoms with Gasteiger partial charge in [0.05, 0.1) is 11.7 Å². The van der Waals surface area contributed by atoms with E-state index in [0.717, 1.165) is 18.4 Å². The van der Waals surface area contributed by atoms with Crippen molar-refractivity contribution in [2.24, 2.45) is 0 Å². The standard InChI is InChI=1S/C16H23F2NO3S/c1-11(14-12(17)7-6-8-13(14)18)15(20)19(16(2,3)4)9-10-23(5,21)22/h6-8,11H,9-10H2,1-5H3/t11-/m0/s1. The molecule has 0 aliphatic rings. The lowest BCUT2D eigenvalue weighted by Crippen LogP contribution is -2.49. The fourth-order valence-electron chi connectivity index (χ4n) is 2.31. The smallest absolute Gasteiger partial charge is 0.230 e. The molecular formula is C16H23F2NO3S. The summed E-state index contributed by atoms with van der Waals surface area (Å²) in [6.45, 7) is 6.64. The van der Waals surface area contributed by atoms with Crippen LogP contribution in [0.4, 0.5) is 8.78 Å². The summed E-state index contributed by atoms with van der Waals surface area (Å²) in [5.74, 6) is -3.34. The number of rotatable bonds is 5. The molecule has 0 aliphatic heterocycles. The van der Waals surface area contributed by atoms with Crippen molar-refractivity contribution in [3.8, 4) is 0 Å². The van der Waals surface area contributed by atoms with Crippen molar-refractivity contribution in [2.45, 2.75) is 39.2 Å². The molecular weight excluding hydrogens is 324 g/mol. The lowest BCUT2D eigenvalue weighted by atomic mass is 9.95. The van der Waals surface area contributed by atoms with Gasteiger partial charge in [-0.1, -0.05) is 6.07 Å². The Morgan fingerprint density at radius 3 is 2.09 bits per heavy atom. The number of benzene rings is 1. The van der Waals surface area contributed by atoms with Crippen molar-refractivity contribution < 1.29 is 22.0 Å². The zero-order valence-electron chi connectivity index (χ0n) is 14.1.